The van der Waals surface area contributed by atoms with Crippen molar-refractivity contribution in [1.29, 1.82) is 0 Å². The van der Waals surface area contributed by atoms with Crippen molar-refractivity contribution in [3.05, 3.63) is 70.5 Å². The van der Waals surface area contributed by atoms with Crippen molar-refractivity contribution < 1.29 is 13.9 Å². The van der Waals surface area contributed by atoms with Crippen LogP contribution in [-0.2, 0) is 24.2 Å². The highest BCUT2D eigenvalue weighted by Crippen LogP contribution is 2.40. The summed E-state index contributed by atoms with van der Waals surface area (Å²) in [5, 5.41) is 4.12. The van der Waals surface area contributed by atoms with Crippen LogP contribution in [0, 0.1) is 6.92 Å². The Kier molecular flexibility index (Phi) is 5.43. The van der Waals surface area contributed by atoms with E-state index in [9.17, 15) is 4.79 Å². The quantitative estimate of drug-likeness (QED) is 0.599. The number of carbonyl (C=O) groups is 1. The lowest BCUT2D eigenvalue weighted by atomic mass is 9.93. The predicted octanol–water partition coefficient (Wildman–Crippen LogP) is 5.35. The van der Waals surface area contributed by atoms with Gasteiger partial charge in [0.15, 0.2) is 0 Å². The first-order valence-corrected chi connectivity index (χ1v) is 10.2. The summed E-state index contributed by atoms with van der Waals surface area (Å²) < 4.78 is 11.9. The Morgan fingerprint density at radius 3 is 2.72 bits per heavy atom. The van der Waals surface area contributed by atoms with E-state index in [1.54, 1.807) is 13.2 Å². The fourth-order valence-electron chi connectivity index (χ4n) is 4.20. The monoisotopic (exact) mass is 389 g/mol. The van der Waals surface area contributed by atoms with E-state index in [-0.39, 0.29) is 5.91 Å². The van der Waals surface area contributed by atoms with Crippen LogP contribution < -0.4 is 10.1 Å². The maximum Gasteiger partial charge on any atom is 0.244 e. The van der Waals surface area contributed by atoms with Gasteiger partial charge in [-0.05, 0) is 50.3 Å². The molecule has 0 radical (unpaired) electrons. The van der Waals surface area contributed by atoms with Gasteiger partial charge in [-0.2, -0.15) is 0 Å². The number of fused-ring (bicyclic) bond motifs is 3. The number of carbonyl (C=O) groups excluding carboxylic acids is 1. The molecule has 1 aliphatic carbocycles. The Bertz CT molecular complexity index is 1080. The van der Waals surface area contributed by atoms with Crippen LogP contribution in [0.15, 0.2) is 46.9 Å². The molecule has 1 aliphatic rings. The van der Waals surface area contributed by atoms with Crippen molar-refractivity contribution in [3.8, 4) is 5.75 Å². The molecular formula is C25H27NO3. The number of nitrogens with one attached hydrogen (secondary N) is 1. The Labute approximate surface area is 171 Å². The first kappa shape index (κ1) is 19.3. The van der Waals surface area contributed by atoms with Gasteiger partial charge in [0.2, 0.25) is 5.91 Å². The van der Waals surface area contributed by atoms with Gasteiger partial charge in [0.05, 0.1) is 7.11 Å². The van der Waals surface area contributed by atoms with Crippen LogP contribution in [0.5, 0.6) is 5.75 Å². The molecule has 4 rings (SSSR count). The SMILES string of the molecule is COc1c(/C(C)=C/C(=O)NCc2ccccc2)cc2c3c(oc2c1C)CCCC3. The lowest BCUT2D eigenvalue weighted by molar-refractivity contribution is -0.116. The molecule has 1 heterocycles. The molecular weight excluding hydrogens is 362 g/mol. The molecule has 2 aromatic carbocycles. The van der Waals surface area contributed by atoms with E-state index in [1.807, 2.05) is 44.2 Å². The second kappa shape index (κ2) is 8.16. The van der Waals surface area contributed by atoms with Crippen molar-refractivity contribution in [2.45, 2.75) is 46.1 Å². The molecule has 150 valence electrons. The number of furan rings is 1. The van der Waals surface area contributed by atoms with Crippen molar-refractivity contribution >= 4 is 22.4 Å². The molecule has 0 saturated heterocycles. The molecule has 1 amide bonds. The number of methoxy groups -OCH3 is 1. The summed E-state index contributed by atoms with van der Waals surface area (Å²) in [4.78, 5) is 12.5. The molecule has 4 heteroatoms. The van der Waals surface area contributed by atoms with Gasteiger partial charge in [0.25, 0.3) is 0 Å². The number of aryl methyl sites for hydroxylation is 3. The molecule has 4 nitrogen and oxygen atoms in total. The number of rotatable bonds is 5. The van der Waals surface area contributed by atoms with Crippen LogP contribution in [0.1, 0.15) is 47.8 Å². The molecule has 0 spiro atoms. The van der Waals surface area contributed by atoms with Crippen LogP contribution in [0.4, 0.5) is 0 Å². The van der Waals surface area contributed by atoms with E-state index in [0.717, 1.165) is 57.6 Å². The fraction of sp³-hybridized carbons (Fsp3) is 0.320. The third kappa shape index (κ3) is 3.80. The second-order valence-corrected chi connectivity index (χ2v) is 7.70. The third-order valence-corrected chi connectivity index (χ3v) is 5.71. The minimum Gasteiger partial charge on any atom is -0.496 e. The smallest absolute Gasteiger partial charge is 0.244 e. The van der Waals surface area contributed by atoms with Crippen LogP contribution in [0.3, 0.4) is 0 Å². The molecule has 0 atom stereocenters. The highest BCUT2D eigenvalue weighted by atomic mass is 16.5. The Balaban J connectivity index is 1.66. The summed E-state index contributed by atoms with van der Waals surface area (Å²) in [6, 6.07) is 12.0. The largest absolute Gasteiger partial charge is 0.496 e. The van der Waals surface area contributed by atoms with Crippen molar-refractivity contribution in [3.63, 3.8) is 0 Å². The van der Waals surface area contributed by atoms with Crippen LogP contribution >= 0.6 is 0 Å². The average Bonchev–Trinajstić information content (AvgIpc) is 3.12. The first-order valence-electron chi connectivity index (χ1n) is 10.2. The van der Waals surface area contributed by atoms with E-state index >= 15 is 0 Å². The average molecular weight is 389 g/mol. The first-order chi connectivity index (χ1) is 14.1. The van der Waals surface area contributed by atoms with Gasteiger partial charge in [-0.25, -0.2) is 0 Å². The van der Waals surface area contributed by atoms with E-state index in [2.05, 4.69) is 11.4 Å². The highest BCUT2D eigenvalue weighted by Gasteiger charge is 2.23. The minimum atomic E-state index is -0.111. The molecule has 0 unspecified atom stereocenters. The lowest BCUT2D eigenvalue weighted by Gasteiger charge is -2.13. The van der Waals surface area contributed by atoms with Gasteiger partial charge in [-0.15, -0.1) is 0 Å². The molecule has 0 bridgehead atoms. The highest BCUT2D eigenvalue weighted by molar-refractivity contribution is 5.98. The van der Waals surface area contributed by atoms with Crippen LogP contribution in [0.2, 0.25) is 0 Å². The summed E-state index contributed by atoms with van der Waals surface area (Å²) >= 11 is 0. The number of ether oxygens (including phenoxy) is 1. The van der Waals surface area contributed by atoms with Gasteiger partial charge < -0.3 is 14.5 Å². The molecule has 3 aromatic rings. The van der Waals surface area contributed by atoms with Gasteiger partial charge in [-0.3, -0.25) is 4.79 Å². The summed E-state index contributed by atoms with van der Waals surface area (Å²) in [6.07, 6.45) is 6.07. The summed E-state index contributed by atoms with van der Waals surface area (Å²) in [6.45, 7) is 4.49. The molecule has 1 aromatic heterocycles. The summed E-state index contributed by atoms with van der Waals surface area (Å²) in [7, 11) is 1.67. The number of allylic oxidation sites excluding steroid dienone is 1. The van der Waals surface area contributed by atoms with Crippen LogP contribution in [-0.4, -0.2) is 13.0 Å². The molecule has 0 fully saturated rings. The number of hydrogen-bond acceptors (Lipinski definition) is 3. The summed E-state index contributed by atoms with van der Waals surface area (Å²) in [5.41, 5.74) is 6.13. The van der Waals surface area contributed by atoms with Crippen molar-refractivity contribution in [2.75, 3.05) is 7.11 Å². The fourth-order valence-corrected chi connectivity index (χ4v) is 4.20. The number of benzene rings is 2. The van der Waals surface area contributed by atoms with E-state index in [0.29, 0.717) is 6.54 Å². The van der Waals surface area contributed by atoms with E-state index < -0.39 is 0 Å². The second-order valence-electron chi connectivity index (χ2n) is 7.70. The van der Waals surface area contributed by atoms with Gasteiger partial charge in [0.1, 0.15) is 17.1 Å². The number of amides is 1. The molecule has 0 saturated carbocycles. The zero-order valence-corrected chi connectivity index (χ0v) is 17.3. The lowest BCUT2D eigenvalue weighted by Crippen LogP contribution is -2.20. The molecule has 29 heavy (non-hydrogen) atoms. The zero-order valence-electron chi connectivity index (χ0n) is 17.3. The van der Waals surface area contributed by atoms with Crippen molar-refractivity contribution in [2.24, 2.45) is 0 Å². The standard InChI is InChI=1S/C25H27NO3/c1-16(13-23(27)26-15-18-9-5-4-6-10-18)20-14-21-19-11-7-8-12-22(19)29-25(21)17(2)24(20)28-3/h4-6,9-10,13-14H,7-8,11-12,15H2,1-3H3,(H,26,27)/b16-13+. The van der Waals surface area contributed by atoms with E-state index in [4.69, 9.17) is 9.15 Å². The molecule has 0 aliphatic heterocycles. The molecule has 1 N–H and O–H groups in total. The van der Waals surface area contributed by atoms with Gasteiger partial charge >= 0.3 is 0 Å². The Hall–Kier alpha value is -3.01. The zero-order chi connectivity index (χ0) is 20.4. The third-order valence-electron chi connectivity index (χ3n) is 5.71. The van der Waals surface area contributed by atoms with Gasteiger partial charge in [0, 0.05) is 41.1 Å². The van der Waals surface area contributed by atoms with E-state index in [1.165, 1.54) is 18.4 Å². The normalized spacial score (nSPS) is 14.0. The minimum absolute atomic E-state index is 0.111. The van der Waals surface area contributed by atoms with Gasteiger partial charge in [-0.1, -0.05) is 30.3 Å². The predicted molar refractivity (Wildman–Crippen MR) is 116 cm³/mol. The maximum atomic E-state index is 12.5. The Morgan fingerprint density at radius 2 is 1.97 bits per heavy atom. The Morgan fingerprint density at radius 1 is 1.21 bits per heavy atom. The van der Waals surface area contributed by atoms with Crippen molar-refractivity contribution in [1.82, 2.24) is 5.32 Å². The maximum absolute atomic E-state index is 12.5. The van der Waals surface area contributed by atoms with Crippen LogP contribution in [0.25, 0.3) is 16.5 Å². The number of hydrogen-bond donors (Lipinski definition) is 1. The topological polar surface area (TPSA) is 51.5 Å². The summed E-state index contributed by atoms with van der Waals surface area (Å²) in [5.74, 6) is 1.77.